The fourth-order valence-electron chi connectivity index (χ4n) is 12.7. The molecule has 0 aromatic carbocycles. The summed E-state index contributed by atoms with van der Waals surface area (Å²) >= 11 is 0. The van der Waals surface area contributed by atoms with Gasteiger partial charge in [0.25, 0.3) is 0 Å². The molecule has 14 heteroatoms. The Morgan fingerprint density at radius 3 is 1.93 bits per heavy atom. The summed E-state index contributed by atoms with van der Waals surface area (Å²) in [6, 6.07) is 0. The minimum Gasteiger partial charge on any atom is -0.394 e. The summed E-state index contributed by atoms with van der Waals surface area (Å²) < 4.78 is 23.6. The van der Waals surface area contributed by atoms with Crippen LogP contribution in [0.4, 0.5) is 0 Å². The fourth-order valence-corrected chi connectivity index (χ4v) is 12.7. The Balaban J connectivity index is 1.15. The highest BCUT2D eigenvalue weighted by atomic mass is 16.7. The first-order valence-corrected chi connectivity index (χ1v) is 21.1. The third kappa shape index (κ3) is 7.16. The lowest BCUT2D eigenvalue weighted by Gasteiger charge is -2.66. The van der Waals surface area contributed by atoms with Gasteiger partial charge in [0.05, 0.1) is 31.5 Å². The van der Waals surface area contributed by atoms with E-state index in [-0.39, 0.29) is 34.0 Å². The van der Waals surface area contributed by atoms with Gasteiger partial charge < -0.3 is 70.0 Å². The van der Waals surface area contributed by atoms with Crippen LogP contribution in [-0.2, 0) is 18.9 Å². The highest BCUT2D eigenvalue weighted by Gasteiger charge is 2.68. The Morgan fingerprint density at radius 1 is 0.696 bits per heavy atom. The zero-order valence-corrected chi connectivity index (χ0v) is 34.5. The molecule has 56 heavy (non-hydrogen) atoms. The zero-order chi connectivity index (χ0) is 41.4. The molecule has 0 aromatic rings. The van der Waals surface area contributed by atoms with Crippen molar-refractivity contribution in [3.05, 3.63) is 11.6 Å². The number of hydrogen-bond donors (Lipinski definition) is 10. The average Bonchev–Trinajstić information content (AvgIpc) is 3.44. The molecule has 2 aliphatic heterocycles. The summed E-state index contributed by atoms with van der Waals surface area (Å²) in [6.45, 7) is 16.3. The second kappa shape index (κ2) is 16.2. The van der Waals surface area contributed by atoms with Crippen LogP contribution in [0.15, 0.2) is 11.6 Å². The maximum atomic E-state index is 11.3. The Morgan fingerprint density at radius 2 is 1.30 bits per heavy atom. The molecule has 4 aliphatic carbocycles. The molecule has 21 unspecified atom stereocenters. The van der Waals surface area contributed by atoms with E-state index < -0.39 is 104 Å². The number of aliphatic hydroxyl groups excluding tert-OH is 10. The molecule has 0 aromatic heterocycles. The third-order valence-electron chi connectivity index (χ3n) is 16.7. The van der Waals surface area contributed by atoms with Gasteiger partial charge in [-0.25, -0.2) is 0 Å². The van der Waals surface area contributed by atoms with Crippen LogP contribution >= 0.6 is 0 Å². The van der Waals surface area contributed by atoms with Crippen LogP contribution < -0.4 is 0 Å². The van der Waals surface area contributed by atoms with Crippen molar-refractivity contribution >= 4 is 0 Å². The minimum atomic E-state index is -1.66. The largest absolute Gasteiger partial charge is 0.394 e. The molecule has 14 nitrogen and oxygen atoms in total. The number of hydrogen-bond acceptors (Lipinski definition) is 14. The maximum absolute atomic E-state index is 11.3. The zero-order valence-electron chi connectivity index (χ0n) is 34.5. The third-order valence-corrected chi connectivity index (χ3v) is 16.7. The number of fused-ring (bicyclic) bond motifs is 5. The topological polar surface area (TPSA) is 239 Å². The molecule has 0 radical (unpaired) electrons. The van der Waals surface area contributed by atoms with Crippen molar-refractivity contribution in [2.24, 2.45) is 51.2 Å². The van der Waals surface area contributed by atoms with E-state index >= 15 is 0 Å². The van der Waals surface area contributed by atoms with Crippen molar-refractivity contribution in [2.45, 2.75) is 186 Å². The quantitative estimate of drug-likeness (QED) is 0.131. The van der Waals surface area contributed by atoms with Crippen molar-refractivity contribution in [2.75, 3.05) is 13.2 Å². The summed E-state index contributed by atoms with van der Waals surface area (Å²) in [5, 5.41) is 106. The smallest absolute Gasteiger partial charge is 0.187 e. The van der Waals surface area contributed by atoms with Crippen molar-refractivity contribution in [3.8, 4) is 0 Å². The number of ether oxygens (including phenoxy) is 4. The van der Waals surface area contributed by atoms with Crippen molar-refractivity contribution < 1.29 is 70.0 Å². The lowest BCUT2D eigenvalue weighted by molar-refractivity contribution is -0.340. The molecule has 2 saturated heterocycles. The molecular formula is C42H72O14. The van der Waals surface area contributed by atoms with Gasteiger partial charge in [0.2, 0.25) is 0 Å². The maximum Gasteiger partial charge on any atom is 0.187 e. The van der Waals surface area contributed by atoms with Gasteiger partial charge in [0.1, 0.15) is 54.9 Å². The van der Waals surface area contributed by atoms with Crippen LogP contribution in [0.1, 0.15) is 100 Å². The molecule has 2 heterocycles. The Kier molecular flexibility index (Phi) is 13.0. The van der Waals surface area contributed by atoms with E-state index in [0.717, 1.165) is 38.5 Å². The first-order chi connectivity index (χ1) is 26.1. The number of rotatable bonds is 11. The normalized spacial score (nSPS) is 49.9. The molecule has 6 rings (SSSR count). The molecule has 0 bridgehead atoms. The van der Waals surface area contributed by atoms with Crippen molar-refractivity contribution in [3.63, 3.8) is 0 Å². The van der Waals surface area contributed by atoms with Gasteiger partial charge in [-0.2, -0.15) is 0 Å². The molecule has 6 aliphatic rings. The molecule has 324 valence electrons. The van der Waals surface area contributed by atoms with Crippen LogP contribution in [0.5, 0.6) is 0 Å². The van der Waals surface area contributed by atoms with Crippen LogP contribution in [0.3, 0.4) is 0 Å². The molecule has 0 amide bonds. The summed E-state index contributed by atoms with van der Waals surface area (Å²) in [4.78, 5) is 0. The Bertz CT molecular complexity index is 1390. The van der Waals surface area contributed by atoms with E-state index in [4.69, 9.17) is 18.9 Å². The van der Waals surface area contributed by atoms with Gasteiger partial charge in [0.15, 0.2) is 12.6 Å². The lowest BCUT2D eigenvalue weighted by atomic mass is 9.39. The van der Waals surface area contributed by atoms with Crippen LogP contribution in [0.2, 0.25) is 0 Å². The number of allylic oxidation sites excluding steroid dienone is 1. The first-order valence-electron chi connectivity index (χ1n) is 21.1. The van der Waals surface area contributed by atoms with Crippen molar-refractivity contribution in [1.82, 2.24) is 0 Å². The highest BCUT2D eigenvalue weighted by Crippen LogP contribution is 2.75. The summed E-state index contributed by atoms with van der Waals surface area (Å²) in [5.74, 6) is 0.567. The molecule has 10 N–H and O–H groups in total. The Hall–Kier alpha value is -0.820. The summed E-state index contributed by atoms with van der Waals surface area (Å²) in [7, 11) is 0. The molecule has 0 spiro atoms. The summed E-state index contributed by atoms with van der Waals surface area (Å²) in [6.07, 6.45) is -9.57. The van der Waals surface area contributed by atoms with Crippen LogP contribution in [-0.4, -0.2) is 150 Å². The molecule has 5 fully saturated rings. The fraction of sp³-hybridized carbons (Fsp3) is 0.952. The average molecular weight is 801 g/mol. The minimum absolute atomic E-state index is 0.00347. The van der Waals surface area contributed by atoms with Gasteiger partial charge in [-0.3, -0.25) is 0 Å². The van der Waals surface area contributed by atoms with Gasteiger partial charge >= 0.3 is 0 Å². The van der Waals surface area contributed by atoms with Gasteiger partial charge in [0, 0.05) is 5.41 Å². The van der Waals surface area contributed by atoms with E-state index in [0.29, 0.717) is 18.3 Å². The predicted molar refractivity (Wildman–Crippen MR) is 202 cm³/mol. The van der Waals surface area contributed by atoms with E-state index in [1.165, 1.54) is 5.57 Å². The highest BCUT2D eigenvalue weighted by molar-refractivity contribution is 5.30. The summed E-state index contributed by atoms with van der Waals surface area (Å²) in [5.41, 5.74) is 0.818. The van der Waals surface area contributed by atoms with Gasteiger partial charge in [-0.15, -0.1) is 0 Å². The predicted octanol–water partition coefficient (Wildman–Crippen LogP) is 0.976. The monoisotopic (exact) mass is 800 g/mol. The van der Waals surface area contributed by atoms with E-state index in [1.54, 1.807) is 0 Å². The van der Waals surface area contributed by atoms with E-state index in [1.807, 2.05) is 20.8 Å². The lowest BCUT2D eigenvalue weighted by Crippen LogP contribution is -2.63. The molecule has 3 saturated carbocycles. The first kappa shape index (κ1) is 44.7. The number of aliphatic hydroxyl groups is 10. The Labute approximate surface area is 331 Å². The second-order valence-electron chi connectivity index (χ2n) is 20.0. The molecular weight excluding hydrogens is 728 g/mol. The van der Waals surface area contributed by atoms with Gasteiger partial charge in [-0.05, 0) is 90.8 Å². The SMILES string of the molecule is CC(C)C(O)C(O)C(O)C(C)C1CCC2(C)C3CC=C4C(CCC(OC5OC(COC6OC(CO)C(O)C(O)C6O)C(O)C(O)C5O)C4(C)C)C3(C)CCC12C. The van der Waals surface area contributed by atoms with Gasteiger partial charge in [-0.1, -0.05) is 67.0 Å². The molecule has 21 atom stereocenters. The van der Waals surface area contributed by atoms with Crippen molar-refractivity contribution in [1.29, 1.82) is 0 Å². The standard InChI is InChI=1S/C42H72O14/c1-19(2)28(44)32(48)29(45)20(3)21-13-14-42(8)26-11-9-22-23(40(26,6)15-16-41(21,42)7)10-12-27(39(22,4)5)56-38-36(52)34(50)31(47)25(55-38)18-53-37-35(51)33(49)30(46)24(17-43)54-37/h9,19-21,23-38,43-52H,10-18H2,1-8H3. The van der Waals surface area contributed by atoms with E-state index in [2.05, 4.69) is 40.7 Å². The van der Waals surface area contributed by atoms with E-state index in [9.17, 15) is 51.1 Å². The van der Waals surface area contributed by atoms with Crippen LogP contribution in [0.25, 0.3) is 0 Å². The van der Waals surface area contributed by atoms with Crippen LogP contribution in [0, 0.1) is 51.2 Å². The second-order valence-corrected chi connectivity index (χ2v) is 20.0.